The lowest BCUT2D eigenvalue weighted by atomic mass is 10.2. The zero-order valence-electron chi connectivity index (χ0n) is 13.1. The third kappa shape index (κ3) is 4.70. The molecule has 5 heteroatoms. The van der Waals surface area contributed by atoms with Crippen molar-refractivity contribution in [2.24, 2.45) is 0 Å². The van der Waals surface area contributed by atoms with Gasteiger partial charge in [-0.2, -0.15) is 0 Å². The van der Waals surface area contributed by atoms with Crippen LogP contribution in [0.4, 0.5) is 16.2 Å². The largest absolute Gasteiger partial charge is 0.473 e. The van der Waals surface area contributed by atoms with E-state index in [0.717, 1.165) is 17.1 Å². The van der Waals surface area contributed by atoms with Gasteiger partial charge < -0.3 is 20.3 Å². The van der Waals surface area contributed by atoms with Crippen molar-refractivity contribution in [2.75, 3.05) is 31.0 Å². The Morgan fingerprint density at radius 2 is 1.86 bits per heavy atom. The van der Waals surface area contributed by atoms with E-state index in [4.69, 9.17) is 4.74 Å². The van der Waals surface area contributed by atoms with E-state index in [-0.39, 0.29) is 12.8 Å². The number of anilines is 2. The minimum atomic E-state index is -0.303. The monoisotopic (exact) mass is 299 g/mol. The van der Waals surface area contributed by atoms with Crippen LogP contribution in [-0.4, -0.2) is 26.9 Å². The van der Waals surface area contributed by atoms with E-state index < -0.39 is 0 Å². The van der Waals surface area contributed by atoms with Crippen LogP contribution >= 0.6 is 0 Å². The molecule has 2 rings (SSSR count). The summed E-state index contributed by atoms with van der Waals surface area (Å²) in [4.78, 5) is 13.8. The highest BCUT2D eigenvalue weighted by Gasteiger charge is 2.03. The van der Waals surface area contributed by atoms with Crippen LogP contribution in [-0.2, 0) is 0 Å². The Hall–Kier alpha value is -2.69. The fraction of sp³-hybridized carbons (Fsp3) is 0.235. The van der Waals surface area contributed by atoms with Crippen LogP contribution in [0.25, 0.3) is 0 Å². The molecule has 0 heterocycles. The minimum Gasteiger partial charge on any atom is -0.473 e. The first kappa shape index (κ1) is 15.7. The number of amides is 2. The second kappa shape index (κ2) is 7.36. The summed E-state index contributed by atoms with van der Waals surface area (Å²) < 4.78 is 5.45. The lowest BCUT2D eigenvalue weighted by molar-refractivity contribution is 0.234. The Morgan fingerprint density at radius 1 is 1.14 bits per heavy atom. The van der Waals surface area contributed by atoms with Gasteiger partial charge in [0, 0.05) is 25.5 Å². The van der Waals surface area contributed by atoms with Crippen molar-refractivity contribution < 1.29 is 9.53 Å². The topological polar surface area (TPSA) is 53.6 Å². The van der Waals surface area contributed by atoms with Gasteiger partial charge in [-0.25, -0.2) is 4.79 Å². The summed E-state index contributed by atoms with van der Waals surface area (Å²) >= 11 is 0. The number of aryl methyl sites for hydroxylation is 1. The molecule has 0 aromatic heterocycles. The van der Waals surface area contributed by atoms with Crippen LogP contribution < -0.4 is 20.3 Å². The van der Waals surface area contributed by atoms with Crippen molar-refractivity contribution in [3.63, 3.8) is 0 Å². The van der Waals surface area contributed by atoms with E-state index in [2.05, 4.69) is 10.6 Å². The standard InChI is InChI=1S/C17H21N3O2/c1-13-7-9-16(10-8-13)22-12-18-17(21)19-14-5-4-6-15(11-14)20(2)3/h4-11H,12H2,1-3H3,(H2,18,19,21). The highest BCUT2D eigenvalue weighted by molar-refractivity contribution is 5.89. The zero-order valence-corrected chi connectivity index (χ0v) is 13.1. The van der Waals surface area contributed by atoms with Gasteiger partial charge in [-0.1, -0.05) is 23.8 Å². The smallest absolute Gasteiger partial charge is 0.321 e. The van der Waals surface area contributed by atoms with Gasteiger partial charge in [0.2, 0.25) is 0 Å². The Labute approximate surface area is 130 Å². The summed E-state index contributed by atoms with van der Waals surface area (Å²) in [5, 5.41) is 5.43. The highest BCUT2D eigenvalue weighted by atomic mass is 16.5. The Balaban J connectivity index is 1.80. The fourth-order valence-electron chi connectivity index (χ4n) is 1.86. The number of carbonyl (C=O) groups excluding carboxylic acids is 1. The van der Waals surface area contributed by atoms with Crippen molar-refractivity contribution in [1.29, 1.82) is 0 Å². The summed E-state index contributed by atoms with van der Waals surface area (Å²) in [6.07, 6.45) is 0. The maximum atomic E-state index is 11.8. The number of rotatable bonds is 5. The van der Waals surface area contributed by atoms with Gasteiger partial charge in [-0.3, -0.25) is 0 Å². The van der Waals surface area contributed by atoms with Gasteiger partial charge in [0.05, 0.1) is 0 Å². The van der Waals surface area contributed by atoms with Gasteiger partial charge in [0.1, 0.15) is 5.75 Å². The number of carbonyl (C=O) groups is 1. The van der Waals surface area contributed by atoms with Crippen LogP contribution in [0.5, 0.6) is 5.75 Å². The molecule has 0 saturated carbocycles. The first-order chi connectivity index (χ1) is 10.5. The summed E-state index contributed by atoms with van der Waals surface area (Å²) in [6, 6.07) is 15.0. The molecule has 0 spiro atoms. The van der Waals surface area contributed by atoms with Gasteiger partial charge in [-0.15, -0.1) is 0 Å². The molecule has 0 aliphatic carbocycles. The molecule has 0 unspecified atom stereocenters. The van der Waals surface area contributed by atoms with Gasteiger partial charge >= 0.3 is 6.03 Å². The molecular weight excluding hydrogens is 278 g/mol. The van der Waals surface area contributed by atoms with Crippen LogP contribution in [0, 0.1) is 6.92 Å². The Kier molecular flexibility index (Phi) is 5.25. The van der Waals surface area contributed by atoms with Crippen molar-refractivity contribution in [2.45, 2.75) is 6.92 Å². The molecule has 2 aromatic carbocycles. The second-order valence-electron chi connectivity index (χ2n) is 5.18. The first-order valence-corrected chi connectivity index (χ1v) is 7.06. The summed E-state index contributed by atoms with van der Waals surface area (Å²) in [5.74, 6) is 0.723. The summed E-state index contributed by atoms with van der Waals surface area (Å²) in [5.41, 5.74) is 2.92. The van der Waals surface area contributed by atoms with E-state index in [1.54, 1.807) is 0 Å². The SMILES string of the molecule is Cc1ccc(OCNC(=O)Nc2cccc(N(C)C)c2)cc1. The normalized spacial score (nSPS) is 9.95. The number of hydrogen-bond donors (Lipinski definition) is 2. The van der Waals surface area contributed by atoms with E-state index in [9.17, 15) is 4.79 Å². The Bertz CT molecular complexity index is 624. The van der Waals surface area contributed by atoms with Crippen molar-refractivity contribution in [1.82, 2.24) is 5.32 Å². The van der Waals surface area contributed by atoms with Gasteiger partial charge in [-0.05, 0) is 37.3 Å². The van der Waals surface area contributed by atoms with Crippen LogP contribution in [0.3, 0.4) is 0 Å². The Morgan fingerprint density at radius 3 is 2.55 bits per heavy atom. The van der Waals surface area contributed by atoms with Crippen LogP contribution in [0.15, 0.2) is 48.5 Å². The third-order valence-corrected chi connectivity index (χ3v) is 3.11. The molecule has 22 heavy (non-hydrogen) atoms. The molecular formula is C17H21N3O2. The lowest BCUT2D eigenvalue weighted by Gasteiger charge is -2.14. The molecule has 2 amide bonds. The van der Waals surface area contributed by atoms with Crippen molar-refractivity contribution >= 4 is 17.4 Å². The molecule has 0 fully saturated rings. The third-order valence-electron chi connectivity index (χ3n) is 3.11. The van der Waals surface area contributed by atoms with E-state index in [0.29, 0.717) is 0 Å². The maximum absolute atomic E-state index is 11.8. The van der Waals surface area contributed by atoms with Crippen molar-refractivity contribution in [3.8, 4) is 5.75 Å². The molecule has 5 nitrogen and oxygen atoms in total. The molecule has 2 aromatic rings. The first-order valence-electron chi connectivity index (χ1n) is 7.06. The molecule has 0 bridgehead atoms. The average molecular weight is 299 g/mol. The van der Waals surface area contributed by atoms with E-state index in [1.165, 1.54) is 5.56 Å². The number of ether oxygens (including phenoxy) is 1. The predicted molar refractivity (Wildman–Crippen MR) is 89.6 cm³/mol. The molecule has 0 radical (unpaired) electrons. The molecule has 0 atom stereocenters. The summed E-state index contributed by atoms with van der Waals surface area (Å²) in [6.45, 7) is 2.12. The van der Waals surface area contributed by atoms with E-state index >= 15 is 0 Å². The fourth-order valence-corrected chi connectivity index (χ4v) is 1.86. The zero-order chi connectivity index (χ0) is 15.9. The van der Waals surface area contributed by atoms with Crippen molar-refractivity contribution in [3.05, 3.63) is 54.1 Å². The van der Waals surface area contributed by atoms with Crippen LogP contribution in [0.2, 0.25) is 0 Å². The predicted octanol–water partition coefficient (Wildman–Crippen LogP) is 3.22. The summed E-state index contributed by atoms with van der Waals surface area (Å²) in [7, 11) is 3.91. The molecule has 116 valence electrons. The minimum absolute atomic E-state index is 0.113. The number of nitrogens with one attached hydrogen (secondary N) is 2. The number of urea groups is 1. The molecule has 0 aliphatic heterocycles. The average Bonchev–Trinajstić information content (AvgIpc) is 2.49. The van der Waals surface area contributed by atoms with Gasteiger partial charge in [0.15, 0.2) is 6.73 Å². The number of benzene rings is 2. The molecule has 0 saturated heterocycles. The molecule has 2 N–H and O–H groups in total. The van der Waals surface area contributed by atoms with E-state index in [1.807, 2.05) is 74.4 Å². The van der Waals surface area contributed by atoms with Crippen LogP contribution in [0.1, 0.15) is 5.56 Å². The quantitative estimate of drug-likeness (QED) is 0.834. The molecule has 0 aliphatic rings. The lowest BCUT2D eigenvalue weighted by Crippen LogP contribution is -2.32. The number of hydrogen-bond acceptors (Lipinski definition) is 3. The number of nitrogens with zero attached hydrogens (tertiary/aromatic N) is 1. The second-order valence-corrected chi connectivity index (χ2v) is 5.18. The maximum Gasteiger partial charge on any atom is 0.321 e. The highest BCUT2D eigenvalue weighted by Crippen LogP contribution is 2.17. The van der Waals surface area contributed by atoms with Gasteiger partial charge in [0.25, 0.3) is 0 Å².